The Bertz CT molecular complexity index is 1110. The van der Waals surface area contributed by atoms with Crippen molar-refractivity contribution in [2.24, 2.45) is 0 Å². The lowest BCUT2D eigenvalue weighted by molar-refractivity contribution is -0.389. The molecule has 0 fully saturated rings. The summed E-state index contributed by atoms with van der Waals surface area (Å²) in [6.07, 6.45) is 4.02. The first-order chi connectivity index (χ1) is 14.4. The number of nitro groups is 1. The number of benzene rings is 1. The Hall–Kier alpha value is -3.40. The number of fused-ring (bicyclic) bond motifs is 2. The molecule has 1 aromatic carbocycles. The van der Waals surface area contributed by atoms with Gasteiger partial charge in [-0.15, -0.1) is 0 Å². The predicted octanol–water partition coefficient (Wildman–Crippen LogP) is 2.60. The largest absolute Gasteiger partial charge is 0.436 e. The molecule has 5 rings (SSSR count). The summed E-state index contributed by atoms with van der Waals surface area (Å²) in [6.45, 7) is 4.65. The van der Waals surface area contributed by atoms with Gasteiger partial charge in [0.1, 0.15) is 17.6 Å². The molecule has 30 heavy (non-hydrogen) atoms. The van der Waals surface area contributed by atoms with Crippen molar-refractivity contribution in [3.05, 3.63) is 63.8 Å². The quantitative estimate of drug-likeness (QED) is 0.481. The number of halogens is 1. The van der Waals surface area contributed by atoms with Crippen LogP contribution in [0.4, 0.5) is 10.2 Å². The van der Waals surface area contributed by atoms with Gasteiger partial charge in [-0.3, -0.25) is 9.47 Å². The van der Waals surface area contributed by atoms with Gasteiger partial charge in [-0.25, -0.2) is 14.4 Å². The molecule has 3 aromatic rings. The summed E-state index contributed by atoms with van der Waals surface area (Å²) < 4.78 is 20.8. The van der Waals surface area contributed by atoms with Crippen molar-refractivity contribution in [1.82, 2.24) is 24.4 Å². The van der Waals surface area contributed by atoms with Crippen LogP contribution in [-0.2, 0) is 19.5 Å². The van der Waals surface area contributed by atoms with Gasteiger partial charge in [0, 0.05) is 48.4 Å². The zero-order chi connectivity index (χ0) is 20.9. The van der Waals surface area contributed by atoms with Crippen LogP contribution >= 0.6 is 0 Å². The van der Waals surface area contributed by atoms with Crippen LogP contribution in [0.1, 0.15) is 18.2 Å². The first-order valence-electron chi connectivity index (χ1n) is 9.62. The first kappa shape index (κ1) is 18.6. The first-order valence-corrected chi connectivity index (χ1v) is 9.62. The van der Waals surface area contributed by atoms with Crippen molar-refractivity contribution in [3.63, 3.8) is 0 Å². The lowest BCUT2D eigenvalue weighted by Crippen LogP contribution is -2.46. The van der Waals surface area contributed by atoms with E-state index in [0.29, 0.717) is 25.5 Å². The Morgan fingerprint density at radius 3 is 2.83 bits per heavy atom. The molecule has 2 aliphatic rings. The highest BCUT2D eigenvalue weighted by Gasteiger charge is 2.41. The molecule has 9 nitrogen and oxygen atoms in total. The summed E-state index contributed by atoms with van der Waals surface area (Å²) in [7, 11) is 0. The molecular weight excluding hydrogens is 391 g/mol. The SMILES string of the molecule is C[C@]1(CN2CCc3nc(-c4ccc(F)cc4)ncc3C2)Cn2cc([N+](=O)[O-])nc2O1. The average molecular weight is 410 g/mol. The number of rotatable bonds is 4. The maximum absolute atomic E-state index is 13.1. The zero-order valence-electron chi connectivity index (χ0n) is 16.3. The van der Waals surface area contributed by atoms with Crippen LogP contribution in [0.5, 0.6) is 6.01 Å². The van der Waals surface area contributed by atoms with E-state index in [1.54, 1.807) is 16.7 Å². The number of imidazole rings is 1. The van der Waals surface area contributed by atoms with E-state index < -0.39 is 10.5 Å². The third-order valence-corrected chi connectivity index (χ3v) is 5.43. The average Bonchev–Trinajstić information content (AvgIpc) is 3.23. The highest BCUT2D eigenvalue weighted by atomic mass is 19.1. The Labute approximate surface area is 171 Å². The van der Waals surface area contributed by atoms with E-state index in [1.165, 1.54) is 18.3 Å². The minimum Gasteiger partial charge on any atom is -0.436 e. The normalized spacial score (nSPS) is 20.5. The second-order valence-electron chi connectivity index (χ2n) is 7.95. The van der Waals surface area contributed by atoms with Gasteiger partial charge in [0.15, 0.2) is 5.82 Å². The number of nitrogens with zero attached hydrogens (tertiary/aromatic N) is 6. The van der Waals surface area contributed by atoms with Crippen molar-refractivity contribution in [2.45, 2.75) is 32.0 Å². The van der Waals surface area contributed by atoms with Crippen molar-refractivity contribution in [1.29, 1.82) is 0 Å². The van der Waals surface area contributed by atoms with Crippen molar-refractivity contribution in [3.8, 4) is 17.4 Å². The smallest absolute Gasteiger partial charge is 0.415 e. The zero-order valence-corrected chi connectivity index (χ0v) is 16.3. The molecule has 0 radical (unpaired) electrons. The van der Waals surface area contributed by atoms with Gasteiger partial charge in [-0.05, 0) is 36.1 Å². The van der Waals surface area contributed by atoms with Gasteiger partial charge in [0.05, 0.1) is 12.2 Å². The summed E-state index contributed by atoms with van der Waals surface area (Å²) in [5.74, 6) is 0.111. The van der Waals surface area contributed by atoms with Crippen LogP contribution in [0.25, 0.3) is 11.4 Å². The lowest BCUT2D eigenvalue weighted by atomic mass is 10.0. The van der Waals surface area contributed by atoms with Gasteiger partial charge < -0.3 is 14.9 Å². The molecule has 0 bridgehead atoms. The van der Waals surface area contributed by atoms with Crippen LogP contribution in [0.3, 0.4) is 0 Å². The topological polar surface area (TPSA) is 99.2 Å². The van der Waals surface area contributed by atoms with Crippen molar-refractivity contribution in [2.75, 3.05) is 13.1 Å². The number of hydrogen-bond acceptors (Lipinski definition) is 7. The molecule has 10 heteroatoms. The van der Waals surface area contributed by atoms with E-state index in [4.69, 9.17) is 4.74 Å². The molecule has 0 unspecified atom stereocenters. The predicted molar refractivity (Wildman–Crippen MR) is 104 cm³/mol. The minimum atomic E-state index is -0.520. The highest BCUT2D eigenvalue weighted by molar-refractivity contribution is 5.55. The van der Waals surface area contributed by atoms with Crippen LogP contribution < -0.4 is 4.74 Å². The second kappa shape index (κ2) is 6.84. The van der Waals surface area contributed by atoms with E-state index in [1.807, 2.05) is 13.1 Å². The number of aromatic nitrogens is 4. The molecule has 0 N–H and O–H groups in total. The standard InChI is InChI=1S/C20H19FN6O3/c1-20(12-26-10-17(27(28)29)24-19(26)30-20)11-25-7-6-16-14(9-25)8-22-18(23-16)13-2-4-15(21)5-3-13/h2-5,8,10H,6-7,9,11-12H2,1H3/t20-/m0/s1. The van der Waals surface area contributed by atoms with Crippen LogP contribution in [0.2, 0.25) is 0 Å². The maximum atomic E-state index is 13.1. The van der Waals surface area contributed by atoms with Gasteiger partial charge >= 0.3 is 11.8 Å². The van der Waals surface area contributed by atoms with Crippen LogP contribution in [0.15, 0.2) is 36.7 Å². The van der Waals surface area contributed by atoms with E-state index in [9.17, 15) is 14.5 Å². The fourth-order valence-electron chi connectivity index (χ4n) is 4.08. The monoisotopic (exact) mass is 410 g/mol. The van der Waals surface area contributed by atoms with E-state index in [-0.39, 0.29) is 17.6 Å². The minimum absolute atomic E-state index is 0.201. The third kappa shape index (κ3) is 3.39. The van der Waals surface area contributed by atoms with Crippen LogP contribution in [-0.4, -0.2) is 48.0 Å². The summed E-state index contributed by atoms with van der Waals surface area (Å²) in [5, 5.41) is 10.9. The maximum Gasteiger partial charge on any atom is 0.415 e. The van der Waals surface area contributed by atoms with Crippen LogP contribution in [0, 0.1) is 15.9 Å². The fraction of sp³-hybridized carbons (Fsp3) is 0.350. The molecule has 0 saturated carbocycles. The molecule has 0 spiro atoms. The molecule has 1 atom stereocenters. The fourth-order valence-corrected chi connectivity index (χ4v) is 4.08. The summed E-state index contributed by atoms with van der Waals surface area (Å²) in [4.78, 5) is 25.7. The molecule has 0 aliphatic carbocycles. The number of ether oxygens (including phenoxy) is 1. The van der Waals surface area contributed by atoms with Gasteiger partial charge in [0.25, 0.3) is 0 Å². The Morgan fingerprint density at radius 2 is 2.10 bits per heavy atom. The Morgan fingerprint density at radius 1 is 1.30 bits per heavy atom. The molecule has 4 heterocycles. The van der Waals surface area contributed by atoms with Gasteiger partial charge in [-0.1, -0.05) is 0 Å². The van der Waals surface area contributed by atoms with E-state index >= 15 is 0 Å². The molecule has 2 aliphatic heterocycles. The Balaban J connectivity index is 1.27. The molecule has 2 aromatic heterocycles. The Kier molecular flexibility index (Phi) is 4.24. The second-order valence-corrected chi connectivity index (χ2v) is 7.95. The van der Waals surface area contributed by atoms with Gasteiger partial charge in [-0.2, -0.15) is 0 Å². The van der Waals surface area contributed by atoms with E-state index in [2.05, 4.69) is 19.9 Å². The summed E-state index contributed by atoms with van der Waals surface area (Å²) in [5.41, 5.74) is 2.34. The van der Waals surface area contributed by atoms with Gasteiger partial charge in [0.2, 0.25) is 0 Å². The van der Waals surface area contributed by atoms with Crippen molar-refractivity contribution < 1.29 is 14.1 Å². The summed E-state index contributed by atoms with van der Waals surface area (Å²) in [6, 6.07) is 6.45. The molecule has 0 amide bonds. The van der Waals surface area contributed by atoms with Crippen molar-refractivity contribution >= 4 is 5.82 Å². The third-order valence-electron chi connectivity index (χ3n) is 5.43. The molecule has 0 saturated heterocycles. The lowest BCUT2D eigenvalue weighted by Gasteiger charge is -2.33. The highest BCUT2D eigenvalue weighted by Crippen LogP contribution is 2.32. The summed E-state index contributed by atoms with van der Waals surface area (Å²) >= 11 is 0. The molecule has 154 valence electrons. The molecular formula is C20H19FN6O3. The number of hydrogen-bond donors (Lipinski definition) is 0. The van der Waals surface area contributed by atoms with E-state index in [0.717, 1.165) is 29.8 Å².